The number of hydrogen-bond acceptors (Lipinski definition) is 2. The number of carboxylic acids is 1. The van der Waals surface area contributed by atoms with Crippen LogP contribution in [0.15, 0.2) is 0 Å². The third-order valence-electron chi connectivity index (χ3n) is 0.697. The van der Waals surface area contributed by atoms with Crippen LogP contribution in [0.5, 0.6) is 0 Å². The van der Waals surface area contributed by atoms with Crippen molar-refractivity contribution in [2.45, 2.75) is 33.6 Å². The number of carbonyl (C=O) groups is 1. The fourth-order valence-corrected chi connectivity index (χ4v) is 1.17. The number of hydrogen-bond donors (Lipinski definition) is 1. The summed E-state index contributed by atoms with van der Waals surface area (Å²) in [6, 6.07) is 0. The average Bonchev–Trinajstić information content (AvgIpc) is 1.88. The van der Waals surface area contributed by atoms with Gasteiger partial charge in [-0.05, 0) is 24.3 Å². The van der Waals surface area contributed by atoms with Crippen LogP contribution < -0.4 is 0 Å². The predicted octanol–water partition coefficient (Wildman–Crippen LogP) is 1.65. The van der Waals surface area contributed by atoms with Gasteiger partial charge in [0.05, 0.1) is 0 Å². The molecule has 3 N–H and O–H groups in total. The van der Waals surface area contributed by atoms with Gasteiger partial charge in [-0.3, -0.25) is 4.79 Å². The molecule has 0 fully saturated rings. The van der Waals surface area contributed by atoms with Gasteiger partial charge in [0.15, 0.2) is 0 Å². The molecule has 3 nitrogen and oxygen atoms in total. The van der Waals surface area contributed by atoms with Gasteiger partial charge in [-0.1, -0.05) is 13.8 Å². The van der Waals surface area contributed by atoms with Gasteiger partial charge in [-0.2, -0.15) is 11.8 Å². The van der Waals surface area contributed by atoms with Crippen LogP contribution in [0.2, 0.25) is 0 Å². The summed E-state index contributed by atoms with van der Waals surface area (Å²) in [5, 5.41) is 7.42. The number of carboxylic acid groups (broad SMARTS) is 1. The van der Waals surface area contributed by atoms with Crippen LogP contribution in [0, 0.1) is 0 Å². The van der Waals surface area contributed by atoms with Crippen molar-refractivity contribution < 1.29 is 18.2 Å². The van der Waals surface area contributed by atoms with Crippen molar-refractivity contribution in [3.8, 4) is 0 Å². The zero-order chi connectivity index (χ0) is 9.11. The Morgan fingerprint density at radius 3 is 1.69 bits per heavy atom. The van der Waals surface area contributed by atoms with Gasteiger partial charge in [0, 0.05) is 6.92 Å². The van der Waals surface area contributed by atoms with Gasteiger partial charge in [-0.25, -0.2) is 0 Å². The van der Waals surface area contributed by atoms with Gasteiger partial charge < -0.3 is 13.4 Å². The monoisotopic (exact) mass is 238 g/mol. The molecule has 0 aromatic rings. The summed E-state index contributed by atoms with van der Waals surface area (Å²) in [5.74, 6) is 1.85. The Balaban J connectivity index is -0.0000000230. The maximum Gasteiger partial charge on any atom is 2.00 e. The molecule has 0 atom stereocenters. The molecule has 13 heavy (non-hydrogen) atoms. The van der Waals surface area contributed by atoms with E-state index in [0.29, 0.717) is 0 Å². The van der Waals surface area contributed by atoms with Crippen LogP contribution in [-0.4, -0.2) is 65.8 Å². The maximum atomic E-state index is 9.00. The quantitative estimate of drug-likeness (QED) is 0.598. The molecular weight excluding hydrogens is 216 g/mol. The van der Waals surface area contributed by atoms with E-state index in [1.807, 2.05) is 0 Å². The molecule has 0 aromatic carbocycles. The van der Waals surface area contributed by atoms with Crippen LogP contribution in [0.25, 0.3) is 0 Å². The van der Waals surface area contributed by atoms with E-state index in [1.54, 1.807) is 0 Å². The minimum atomic E-state index is -0.833. The third-order valence-corrected chi connectivity index (χ3v) is 2.09. The van der Waals surface area contributed by atoms with E-state index in [-0.39, 0.29) is 46.1 Å². The first-order valence-corrected chi connectivity index (χ1v) is 5.07. The number of thioether (sulfide) groups is 1. The average molecular weight is 238 g/mol. The van der Waals surface area contributed by atoms with Crippen molar-refractivity contribution in [3.63, 3.8) is 0 Å². The Morgan fingerprint density at radius 1 is 1.31 bits per heavy atom. The molecule has 0 bridgehead atoms. The molecule has 0 rings (SSSR count). The summed E-state index contributed by atoms with van der Waals surface area (Å²) in [6.45, 7) is 5.53. The smallest absolute Gasteiger partial charge is 1.00 e. The first-order valence-electron chi connectivity index (χ1n) is 3.92. The summed E-state index contributed by atoms with van der Waals surface area (Å²) < 4.78 is 0. The Bertz CT molecular complexity index is 92.0. The zero-order valence-corrected chi connectivity index (χ0v) is 11.8. The van der Waals surface area contributed by atoms with Crippen LogP contribution in [0.4, 0.5) is 0 Å². The molecule has 5 heteroatoms. The van der Waals surface area contributed by atoms with Crippen molar-refractivity contribution in [2.24, 2.45) is 0 Å². The van der Waals surface area contributed by atoms with Gasteiger partial charge >= 0.3 is 37.7 Å². The number of aliphatic carboxylic acids is 1. The Morgan fingerprint density at radius 2 is 1.54 bits per heavy atom. The SMILES string of the molecule is CC(=O)O.CCCSCCC.O.[Ca+2].[H-].[H-]. The van der Waals surface area contributed by atoms with Crippen molar-refractivity contribution in [3.05, 3.63) is 0 Å². The molecule has 80 valence electrons. The van der Waals surface area contributed by atoms with Gasteiger partial charge in [-0.15, -0.1) is 0 Å². The normalized spacial score (nSPS) is 7.00. The van der Waals surface area contributed by atoms with E-state index >= 15 is 0 Å². The zero-order valence-electron chi connectivity index (χ0n) is 10.8. The first kappa shape index (κ1) is 23.7. The Hall–Kier alpha value is 1.04. The molecule has 0 aliphatic carbocycles. The molecule has 0 unspecified atom stereocenters. The van der Waals surface area contributed by atoms with Crippen molar-refractivity contribution in [1.82, 2.24) is 0 Å². The van der Waals surface area contributed by atoms with Gasteiger partial charge in [0.25, 0.3) is 5.97 Å². The van der Waals surface area contributed by atoms with E-state index in [4.69, 9.17) is 9.90 Å². The molecule has 0 amide bonds. The van der Waals surface area contributed by atoms with Gasteiger partial charge in [0.1, 0.15) is 0 Å². The van der Waals surface area contributed by atoms with Crippen molar-refractivity contribution in [1.29, 1.82) is 0 Å². The van der Waals surface area contributed by atoms with Gasteiger partial charge in [0.2, 0.25) is 0 Å². The third kappa shape index (κ3) is 62.6. The van der Waals surface area contributed by atoms with E-state index < -0.39 is 5.97 Å². The van der Waals surface area contributed by atoms with E-state index in [9.17, 15) is 0 Å². The molecule has 0 saturated carbocycles. The molecule has 0 aromatic heterocycles. The van der Waals surface area contributed by atoms with E-state index in [1.165, 1.54) is 24.3 Å². The molecule has 0 saturated heterocycles. The maximum absolute atomic E-state index is 9.00. The first-order chi connectivity index (χ1) is 5.15. The minimum Gasteiger partial charge on any atom is -1.00 e. The fourth-order valence-electron chi connectivity index (χ4n) is 0.391. The summed E-state index contributed by atoms with van der Waals surface area (Å²) in [5.41, 5.74) is 0. The van der Waals surface area contributed by atoms with Crippen LogP contribution >= 0.6 is 11.8 Å². The Kier molecular flexibility index (Phi) is 42.1. The number of rotatable bonds is 4. The molecule has 0 spiro atoms. The van der Waals surface area contributed by atoms with Crippen LogP contribution in [0.1, 0.15) is 36.5 Å². The van der Waals surface area contributed by atoms with Crippen molar-refractivity contribution in [2.75, 3.05) is 11.5 Å². The van der Waals surface area contributed by atoms with Crippen molar-refractivity contribution >= 4 is 55.5 Å². The molecule has 0 aliphatic rings. The molecule has 0 radical (unpaired) electrons. The predicted molar refractivity (Wildman–Crippen MR) is 62.8 cm³/mol. The molecule has 0 heterocycles. The molecular formula is C8H22CaO3S. The van der Waals surface area contributed by atoms with E-state index in [2.05, 4.69) is 25.6 Å². The summed E-state index contributed by atoms with van der Waals surface area (Å²) in [7, 11) is 0. The van der Waals surface area contributed by atoms with Crippen LogP contribution in [-0.2, 0) is 4.79 Å². The molecule has 0 aliphatic heterocycles. The second-order valence-electron chi connectivity index (χ2n) is 2.13. The Labute approximate surface area is 118 Å². The summed E-state index contributed by atoms with van der Waals surface area (Å²) in [6.07, 6.45) is 2.65. The van der Waals surface area contributed by atoms with E-state index in [0.717, 1.165) is 6.92 Å². The second kappa shape index (κ2) is 23.1. The fraction of sp³-hybridized carbons (Fsp3) is 0.875. The summed E-state index contributed by atoms with van der Waals surface area (Å²) >= 11 is 2.05. The largest absolute Gasteiger partial charge is 2.00 e. The van der Waals surface area contributed by atoms with Crippen LogP contribution in [0.3, 0.4) is 0 Å². The standard InChI is InChI=1S/C6H14S.C2H4O2.Ca.H2O.2H/c1-3-5-7-6-4-2;1-2(3)4;;;;/h3-6H2,1-2H3;1H3,(H,3,4);;1H2;;/q;;+2;;2*-1. The topological polar surface area (TPSA) is 68.8 Å². The minimum absolute atomic E-state index is 0. The second-order valence-corrected chi connectivity index (χ2v) is 3.36. The summed E-state index contributed by atoms with van der Waals surface area (Å²) in [4.78, 5) is 9.00.